The average Bonchev–Trinajstić information content (AvgIpc) is 2.72. The molecule has 0 bridgehead atoms. The summed E-state index contributed by atoms with van der Waals surface area (Å²) in [5.74, 6) is 0.898. The molecule has 0 radical (unpaired) electrons. The average molecular weight is 390 g/mol. The molecule has 5 heteroatoms. The fourth-order valence-electron chi connectivity index (χ4n) is 3.37. The predicted octanol–water partition coefficient (Wildman–Crippen LogP) is 4.41. The molecule has 1 fully saturated rings. The summed E-state index contributed by atoms with van der Waals surface area (Å²) >= 11 is 0. The van der Waals surface area contributed by atoms with E-state index in [2.05, 4.69) is 55.7 Å². The number of nitrogens with zero attached hydrogens (tertiary/aromatic N) is 1. The first-order valence-electron chi connectivity index (χ1n) is 11.0. The minimum absolute atomic E-state index is 0.328. The van der Waals surface area contributed by atoms with Gasteiger partial charge in [0.25, 0.3) is 0 Å². The van der Waals surface area contributed by atoms with Crippen LogP contribution in [0, 0.1) is 0 Å². The summed E-state index contributed by atoms with van der Waals surface area (Å²) in [4.78, 5) is 4.78. The van der Waals surface area contributed by atoms with E-state index in [0.717, 1.165) is 38.6 Å². The van der Waals surface area contributed by atoms with Crippen molar-refractivity contribution in [2.45, 2.75) is 84.6 Å². The van der Waals surface area contributed by atoms with Crippen molar-refractivity contribution in [3.05, 3.63) is 35.4 Å². The molecule has 5 nitrogen and oxygen atoms in total. The van der Waals surface area contributed by atoms with Gasteiger partial charge in [-0.15, -0.1) is 0 Å². The molecular weight excluding hydrogens is 350 g/mol. The second-order valence-corrected chi connectivity index (χ2v) is 7.68. The molecule has 1 atom stereocenters. The Hall–Kier alpha value is -1.59. The zero-order chi connectivity index (χ0) is 20.0. The summed E-state index contributed by atoms with van der Waals surface area (Å²) in [6, 6.07) is 9.00. The van der Waals surface area contributed by atoms with Crippen molar-refractivity contribution in [1.82, 2.24) is 10.6 Å². The number of hydrogen-bond donors (Lipinski definition) is 2. The molecule has 1 aliphatic heterocycles. The van der Waals surface area contributed by atoms with Gasteiger partial charge in [-0.3, -0.25) is 0 Å². The molecular formula is C23H39N3O2. The highest BCUT2D eigenvalue weighted by Gasteiger charge is 2.14. The van der Waals surface area contributed by atoms with E-state index in [4.69, 9.17) is 14.5 Å². The Kier molecular flexibility index (Phi) is 11.0. The first-order valence-corrected chi connectivity index (χ1v) is 11.0. The maximum atomic E-state index is 6.05. The van der Waals surface area contributed by atoms with E-state index in [-0.39, 0.29) is 0 Å². The highest BCUT2D eigenvalue weighted by Crippen LogP contribution is 2.14. The van der Waals surface area contributed by atoms with Gasteiger partial charge in [-0.2, -0.15) is 0 Å². The SMILES string of the molecule is CCCCCC(C)NC(=NCc1cccc(COC2CCOCC2)c1)NCC. The van der Waals surface area contributed by atoms with Crippen LogP contribution in [0.25, 0.3) is 0 Å². The van der Waals surface area contributed by atoms with Gasteiger partial charge in [0.2, 0.25) is 0 Å². The molecule has 28 heavy (non-hydrogen) atoms. The van der Waals surface area contributed by atoms with E-state index in [1.807, 2.05) is 0 Å². The summed E-state index contributed by atoms with van der Waals surface area (Å²) < 4.78 is 11.4. The highest BCUT2D eigenvalue weighted by atomic mass is 16.5. The van der Waals surface area contributed by atoms with Crippen LogP contribution in [-0.4, -0.2) is 37.9 Å². The Labute approximate surface area is 171 Å². The van der Waals surface area contributed by atoms with Crippen molar-refractivity contribution < 1.29 is 9.47 Å². The van der Waals surface area contributed by atoms with Gasteiger partial charge in [0.05, 0.1) is 19.3 Å². The smallest absolute Gasteiger partial charge is 0.191 e. The van der Waals surface area contributed by atoms with Crippen molar-refractivity contribution in [2.24, 2.45) is 4.99 Å². The summed E-state index contributed by atoms with van der Waals surface area (Å²) in [6.45, 7) is 10.4. The molecule has 0 spiro atoms. The standard InChI is InChI=1S/C23H39N3O2/c1-4-6-7-9-19(3)26-23(24-5-2)25-17-20-10-8-11-21(16-20)18-28-22-12-14-27-15-13-22/h8,10-11,16,19,22H,4-7,9,12-15,17-18H2,1-3H3,(H2,24,25,26). The lowest BCUT2D eigenvalue weighted by molar-refractivity contribution is -0.0390. The zero-order valence-electron chi connectivity index (χ0n) is 18.0. The molecule has 1 aromatic rings. The molecule has 0 aliphatic carbocycles. The summed E-state index contributed by atoms with van der Waals surface area (Å²) in [6.07, 6.45) is 7.32. The highest BCUT2D eigenvalue weighted by molar-refractivity contribution is 5.80. The molecule has 158 valence electrons. The summed E-state index contributed by atoms with van der Waals surface area (Å²) in [5, 5.41) is 6.89. The van der Waals surface area contributed by atoms with Gasteiger partial charge < -0.3 is 20.1 Å². The molecule has 1 aromatic carbocycles. The van der Waals surface area contributed by atoms with E-state index in [9.17, 15) is 0 Å². The van der Waals surface area contributed by atoms with E-state index in [0.29, 0.717) is 25.3 Å². The molecule has 1 unspecified atom stereocenters. The number of benzene rings is 1. The molecule has 0 amide bonds. The minimum Gasteiger partial charge on any atom is -0.381 e. The first-order chi connectivity index (χ1) is 13.7. The largest absolute Gasteiger partial charge is 0.381 e. The van der Waals surface area contributed by atoms with Crippen LogP contribution in [-0.2, 0) is 22.6 Å². The minimum atomic E-state index is 0.328. The molecule has 0 saturated carbocycles. The van der Waals surface area contributed by atoms with Crippen molar-refractivity contribution in [1.29, 1.82) is 0 Å². The van der Waals surface area contributed by atoms with Crippen LogP contribution in [0.2, 0.25) is 0 Å². The second kappa shape index (κ2) is 13.6. The number of ether oxygens (including phenoxy) is 2. The zero-order valence-corrected chi connectivity index (χ0v) is 18.0. The van der Waals surface area contributed by atoms with Crippen molar-refractivity contribution in [3.63, 3.8) is 0 Å². The van der Waals surface area contributed by atoms with Gasteiger partial charge in [-0.1, -0.05) is 50.5 Å². The van der Waals surface area contributed by atoms with Crippen LogP contribution in [0.3, 0.4) is 0 Å². The third-order valence-corrected chi connectivity index (χ3v) is 5.03. The number of hydrogen-bond acceptors (Lipinski definition) is 3. The fraction of sp³-hybridized carbons (Fsp3) is 0.696. The molecule has 2 N–H and O–H groups in total. The molecule has 1 aliphatic rings. The first kappa shape index (κ1) is 22.7. The maximum absolute atomic E-state index is 6.05. The van der Waals surface area contributed by atoms with Gasteiger partial charge in [0.15, 0.2) is 5.96 Å². The Morgan fingerprint density at radius 3 is 2.75 bits per heavy atom. The Morgan fingerprint density at radius 2 is 2.00 bits per heavy atom. The number of unbranched alkanes of at least 4 members (excludes halogenated alkanes) is 2. The van der Waals surface area contributed by atoms with Gasteiger partial charge in [0, 0.05) is 25.8 Å². The lowest BCUT2D eigenvalue weighted by atomic mass is 10.1. The van der Waals surface area contributed by atoms with Gasteiger partial charge in [-0.25, -0.2) is 4.99 Å². The van der Waals surface area contributed by atoms with E-state index >= 15 is 0 Å². The molecule has 0 aromatic heterocycles. The van der Waals surface area contributed by atoms with Gasteiger partial charge in [-0.05, 0) is 44.2 Å². The number of guanidine groups is 1. The van der Waals surface area contributed by atoms with Gasteiger partial charge >= 0.3 is 0 Å². The van der Waals surface area contributed by atoms with Crippen LogP contribution in [0.4, 0.5) is 0 Å². The van der Waals surface area contributed by atoms with Gasteiger partial charge in [0.1, 0.15) is 0 Å². The summed E-state index contributed by atoms with van der Waals surface area (Å²) in [5.41, 5.74) is 2.43. The van der Waals surface area contributed by atoms with E-state index < -0.39 is 0 Å². The number of nitrogens with one attached hydrogen (secondary N) is 2. The third-order valence-electron chi connectivity index (χ3n) is 5.03. The van der Waals surface area contributed by atoms with Crippen LogP contribution < -0.4 is 10.6 Å². The summed E-state index contributed by atoms with van der Waals surface area (Å²) in [7, 11) is 0. The van der Waals surface area contributed by atoms with Crippen LogP contribution >= 0.6 is 0 Å². The van der Waals surface area contributed by atoms with Crippen molar-refractivity contribution >= 4 is 5.96 Å². The lowest BCUT2D eigenvalue weighted by Gasteiger charge is -2.22. The van der Waals surface area contributed by atoms with E-state index in [1.165, 1.54) is 36.8 Å². The topological polar surface area (TPSA) is 54.9 Å². The third kappa shape index (κ3) is 9.07. The van der Waals surface area contributed by atoms with E-state index in [1.54, 1.807) is 0 Å². The Balaban J connectivity index is 1.84. The number of rotatable bonds is 11. The monoisotopic (exact) mass is 389 g/mol. The predicted molar refractivity (Wildman–Crippen MR) is 117 cm³/mol. The van der Waals surface area contributed by atoms with Crippen molar-refractivity contribution in [3.8, 4) is 0 Å². The van der Waals surface area contributed by atoms with Crippen LogP contribution in [0.1, 0.15) is 70.4 Å². The van der Waals surface area contributed by atoms with Crippen molar-refractivity contribution in [2.75, 3.05) is 19.8 Å². The maximum Gasteiger partial charge on any atom is 0.191 e. The molecule has 1 saturated heterocycles. The number of aliphatic imine (C=N–C) groups is 1. The quantitative estimate of drug-likeness (QED) is 0.334. The van der Waals surface area contributed by atoms with Crippen LogP contribution in [0.15, 0.2) is 29.3 Å². The van der Waals surface area contributed by atoms with Crippen LogP contribution in [0.5, 0.6) is 0 Å². The molecule has 1 heterocycles. The fourth-order valence-corrected chi connectivity index (χ4v) is 3.37. The normalized spacial score (nSPS) is 16.8. The Bertz CT molecular complexity index is 571. The lowest BCUT2D eigenvalue weighted by Crippen LogP contribution is -2.42. The molecule has 2 rings (SSSR count). The second-order valence-electron chi connectivity index (χ2n) is 7.68. The Morgan fingerprint density at radius 1 is 1.21 bits per heavy atom.